The van der Waals surface area contributed by atoms with E-state index >= 15 is 0 Å². The lowest BCUT2D eigenvalue weighted by Crippen LogP contribution is -2.46. The van der Waals surface area contributed by atoms with Crippen LogP contribution in [0.15, 0.2) is 18.6 Å². The molecule has 2 aliphatic rings. The zero-order valence-electron chi connectivity index (χ0n) is 13.3. The zero-order valence-corrected chi connectivity index (χ0v) is 13.3. The van der Waals surface area contributed by atoms with E-state index in [0.29, 0.717) is 6.61 Å². The topological polar surface area (TPSA) is 76.6 Å². The third kappa shape index (κ3) is 4.87. The molecular formula is C16H24N4O3. The number of hydrogen-bond acceptors (Lipinski definition) is 6. The fraction of sp³-hybridized carbons (Fsp3) is 0.688. The van der Waals surface area contributed by atoms with Gasteiger partial charge in [-0.15, -0.1) is 0 Å². The minimum Gasteiger partial charge on any atom is -0.376 e. The highest BCUT2D eigenvalue weighted by Gasteiger charge is 2.22. The van der Waals surface area contributed by atoms with E-state index in [1.807, 2.05) is 0 Å². The van der Waals surface area contributed by atoms with Gasteiger partial charge in [-0.2, -0.15) is 0 Å². The summed E-state index contributed by atoms with van der Waals surface area (Å²) in [4.78, 5) is 22.5. The molecule has 1 aromatic rings. The highest BCUT2D eigenvalue weighted by molar-refractivity contribution is 5.77. The largest absolute Gasteiger partial charge is 0.376 e. The SMILES string of the molecule is O=C(COC[C@@H]1CCCO1)NC1CCN(c2cnccn2)CC1. The Morgan fingerprint density at radius 1 is 1.35 bits per heavy atom. The number of carbonyl (C=O) groups is 1. The van der Waals surface area contributed by atoms with Crippen molar-refractivity contribution >= 4 is 11.7 Å². The standard InChI is InChI=1S/C16H24N4O3/c21-16(12-22-11-14-2-1-9-23-14)19-13-3-7-20(8-4-13)15-10-17-5-6-18-15/h5-6,10,13-14H,1-4,7-9,11-12H2,(H,19,21)/t14-/m0/s1. The number of piperidine rings is 1. The number of ether oxygens (including phenoxy) is 2. The highest BCUT2D eigenvalue weighted by atomic mass is 16.5. The van der Waals surface area contributed by atoms with E-state index in [0.717, 1.165) is 51.2 Å². The molecule has 1 atom stereocenters. The second-order valence-corrected chi connectivity index (χ2v) is 6.04. The first-order chi connectivity index (χ1) is 11.3. The minimum atomic E-state index is -0.0408. The van der Waals surface area contributed by atoms with Crippen LogP contribution in [0.2, 0.25) is 0 Å². The normalized spacial score (nSPS) is 22.3. The van der Waals surface area contributed by atoms with Gasteiger partial charge in [0.2, 0.25) is 5.91 Å². The predicted molar refractivity (Wildman–Crippen MR) is 85.2 cm³/mol. The van der Waals surface area contributed by atoms with Crippen LogP contribution in [-0.2, 0) is 14.3 Å². The van der Waals surface area contributed by atoms with E-state index in [-0.39, 0.29) is 24.7 Å². The monoisotopic (exact) mass is 320 g/mol. The number of nitrogens with one attached hydrogen (secondary N) is 1. The number of anilines is 1. The van der Waals surface area contributed by atoms with Crippen LogP contribution in [0, 0.1) is 0 Å². The van der Waals surface area contributed by atoms with Crippen molar-refractivity contribution in [2.75, 3.05) is 37.8 Å². The molecule has 2 fully saturated rings. The Bertz CT molecular complexity index is 485. The molecule has 2 aliphatic heterocycles. The Morgan fingerprint density at radius 2 is 2.22 bits per heavy atom. The van der Waals surface area contributed by atoms with Gasteiger partial charge in [-0.25, -0.2) is 4.98 Å². The highest BCUT2D eigenvalue weighted by Crippen LogP contribution is 2.16. The molecule has 0 bridgehead atoms. The van der Waals surface area contributed by atoms with Gasteiger partial charge in [-0.1, -0.05) is 0 Å². The van der Waals surface area contributed by atoms with E-state index < -0.39 is 0 Å². The van der Waals surface area contributed by atoms with Crippen molar-refractivity contribution in [3.63, 3.8) is 0 Å². The Balaban J connectivity index is 1.32. The summed E-state index contributed by atoms with van der Waals surface area (Å²) >= 11 is 0. The number of carbonyl (C=O) groups excluding carboxylic acids is 1. The molecule has 7 nitrogen and oxygen atoms in total. The third-order valence-electron chi connectivity index (χ3n) is 4.29. The van der Waals surface area contributed by atoms with Crippen LogP contribution in [0.25, 0.3) is 0 Å². The maximum atomic E-state index is 11.9. The molecule has 1 N–H and O–H groups in total. The first kappa shape index (κ1) is 16.1. The third-order valence-corrected chi connectivity index (χ3v) is 4.29. The quantitative estimate of drug-likeness (QED) is 0.834. The number of nitrogens with zero attached hydrogens (tertiary/aromatic N) is 3. The zero-order chi connectivity index (χ0) is 15.9. The first-order valence-corrected chi connectivity index (χ1v) is 8.31. The van der Waals surface area contributed by atoms with E-state index in [1.54, 1.807) is 18.6 Å². The molecule has 2 saturated heterocycles. The molecule has 3 rings (SSSR count). The lowest BCUT2D eigenvalue weighted by atomic mass is 10.1. The molecule has 0 aromatic carbocycles. The minimum absolute atomic E-state index is 0.0408. The summed E-state index contributed by atoms with van der Waals surface area (Å²) < 4.78 is 10.9. The molecule has 7 heteroatoms. The van der Waals surface area contributed by atoms with Crippen LogP contribution < -0.4 is 10.2 Å². The van der Waals surface area contributed by atoms with Crippen molar-refractivity contribution in [1.29, 1.82) is 0 Å². The van der Waals surface area contributed by atoms with Gasteiger partial charge in [0.1, 0.15) is 12.4 Å². The second kappa shape index (κ2) is 8.21. The number of aromatic nitrogens is 2. The molecule has 1 aromatic heterocycles. The van der Waals surface area contributed by atoms with Crippen LogP contribution >= 0.6 is 0 Å². The summed E-state index contributed by atoms with van der Waals surface area (Å²) in [5.74, 6) is 0.859. The van der Waals surface area contributed by atoms with Gasteiger partial charge >= 0.3 is 0 Å². The van der Waals surface area contributed by atoms with Gasteiger partial charge in [0.25, 0.3) is 0 Å². The van der Waals surface area contributed by atoms with E-state index in [1.165, 1.54) is 0 Å². The molecule has 0 saturated carbocycles. The smallest absolute Gasteiger partial charge is 0.246 e. The van der Waals surface area contributed by atoms with Gasteiger partial charge in [-0.3, -0.25) is 9.78 Å². The molecule has 0 unspecified atom stereocenters. The van der Waals surface area contributed by atoms with Crippen LogP contribution in [0.1, 0.15) is 25.7 Å². The summed E-state index contributed by atoms with van der Waals surface area (Å²) in [6.07, 6.45) is 9.26. The van der Waals surface area contributed by atoms with Gasteiger partial charge < -0.3 is 19.7 Å². The lowest BCUT2D eigenvalue weighted by Gasteiger charge is -2.32. The average molecular weight is 320 g/mol. The van der Waals surface area contributed by atoms with Gasteiger partial charge in [0.15, 0.2) is 0 Å². The van der Waals surface area contributed by atoms with E-state index in [4.69, 9.17) is 9.47 Å². The summed E-state index contributed by atoms with van der Waals surface area (Å²) in [5, 5.41) is 3.05. The molecule has 0 spiro atoms. The molecular weight excluding hydrogens is 296 g/mol. The Labute approximate surface area is 136 Å². The van der Waals surface area contributed by atoms with Gasteiger partial charge in [0, 0.05) is 38.1 Å². The Hall–Kier alpha value is -1.73. The fourth-order valence-corrected chi connectivity index (χ4v) is 3.04. The van der Waals surface area contributed by atoms with Crippen LogP contribution in [0.4, 0.5) is 5.82 Å². The molecule has 126 valence electrons. The molecule has 1 amide bonds. The number of hydrogen-bond donors (Lipinski definition) is 1. The summed E-state index contributed by atoms with van der Waals surface area (Å²) in [6.45, 7) is 3.19. The summed E-state index contributed by atoms with van der Waals surface area (Å²) in [5.41, 5.74) is 0. The van der Waals surface area contributed by atoms with Gasteiger partial charge in [-0.05, 0) is 25.7 Å². The lowest BCUT2D eigenvalue weighted by molar-refractivity contribution is -0.127. The van der Waals surface area contributed by atoms with Crippen LogP contribution in [0.3, 0.4) is 0 Å². The maximum Gasteiger partial charge on any atom is 0.246 e. The molecule has 0 radical (unpaired) electrons. The Morgan fingerprint density at radius 3 is 2.91 bits per heavy atom. The molecule has 23 heavy (non-hydrogen) atoms. The number of rotatable bonds is 6. The maximum absolute atomic E-state index is 11.9. The second-order valence-electron chi connectivity index (χ2n) is 6.04. The van der Waals surface area contributed by atoms with E-state index in [2.05, 4.69) is 20.2 Å². The van der Waals surface area contributed by atoms with Crippen molar-refractivity contribution in [2.45, 2.75) is 37.8 Å². The van der Waals surface area contributed by atoms with Gasteiger partial charge in [0.05, 0.1) is 18.9 Å². The predicted octanol–water partition coefficient (Wildman–Crippen LogP) is 0.757. The molecule has 0 aliphatic carbocycles. The van der Waals surface area contributed by atoms with Crippen molar-refractivity contribution in [1.82, 2.24) is 15.3 Å². The van der Waals surface area contributed by atoms with Crippen molar-refractivity contribution < 1.29 is 14.3 Å². The van der Waals surface area contributed by atoms with Crippen molar-refractivity contribution in [3.8, 4) is 0 Å². The summed E-state index contributed by atoms with van der Waals surface area (Å²) in [7, 11) is 0. The Kier molecular flexibility index (Phi) is 5.76. The van der Waals surface area contributed by atoms with Crippen molar-refractivity contribution in [3.05, 3.63) is 18.6 Å². The van der Waals surface area contributed by atoms with Crippen LogP contribution in [0.5, 0.6) is 0 Å². The van der Waals surface area contributed by atoms with E-state index in [9.17, 15) is 4.79 Å². The van der Waals surface area contributed by atoms with Crippen molar-refractivity contribution in [2.24, 2.45) is 0 Å². The first-order valence-electron chi connectivity index (χ1n) is 8.31. The number of amides is 1. The summed E-state index contributed by atoms with van der Waals surface area (Å²) in [6, 6.07) is 0.210. The molecule has 3 heterocycles. The fourth-order valence-electron chi connectivity index (χ4n) is 3.04. The van der Waals surface area contributed by atoms with Crippen LogP contribution in [-0.4, -0.2) is 60.9 Å². The average Bonchev–Trinajstić information content (AvgIpc) is 3.10.